The molecule has 1 atom stereocenters. The van der Waals surface area contributed by atoms with E-state index in [0.29, 0.717) is 0 Å². The Hall–Kier alpha value is -2.17. The van der Waals surface area contributed by atoms with Crippen molar-refractivity contribution in [3.63, 3.8) is 0 Å². The summed E-state index contributed by atoms with van der Waals surface area (Å²) in [4.78, 5) is 12.5. The van der Waals surface area contributed by atoms with Crippen LogP contribution in [-0.4, -0.2) is 50.6 Å². The van der Waals surface area contributed by atoms with Crippen LogP contribution < -0.4 is 20.1 Å². The average molecular weight is 414 g/mol. The van der Waals surface area contributed by atoms with Crippen molar-refractivity contribution in [3.05, 3.63) is 23.8 Å². The van der Waals surface area contributed by atoms with E-state index in [1.807, 2.05) is 0 Å². The Labute approximate surface area is 157 Å². The van der Waals surface area contributed by atoms with Gasteiger partial charge in [0.25, 0.3) is 5.91 Å². The SMILES string of the molecule is O=C(NCC1CCCCN1)c1c(OCC(F)(F)F)cccc1OCC(F)(F)F. The minimum absolute atomic E-state index is 0.0273. The number of benzene rings is 1. The first-order valence-corrected chi connectivity index (χ1v) is 8.59. The molecule has 28 heavy (non-hydrogen) atoms. The van der Waals surface area contributed by atoms with Crippen molar-refractivity contribution in [3.8, 4) is 11.5 Å². The zero-order valence-corrected chi connectivity index (χ0v) is 14.8. The van der Waals surface area contributed by atoms with Crippen molar-refractivity contribution in [1.29, 1.82) is 0 Å². The summed E-state index contributed by atoms with van der Waals surface area (Å²) in [6, 6.07) is 3.26. The molecule has 1 saturated heterocycles. The highest BCUT2D eigenvalue weighted by Crippen LogP contribution is 2.31. The first-order chi connectivity index (χ1) is 13.1. The molecule has 0 spiro atoms. The zero-order chi connectivity index (χ0) is 20.8. The van der Waals surface area contributed by atoms with E-state index >= 15 is 0 Å². The molecule has 0 saturated carbocycles. The Morgan fingerprint density at radius 1 is 1.04 bits per heavy atom. The molecule has 0 aromatic heterocycles. The number of ether oxygens (including phenoxy) is 2. The lowest BCUT2D eigenvalue weighted by molar-refractivity contribution is -0.154. The van der Waals surface area contributed by atoms with E-state index in [2.05, 4.69) is 20.1 Å². The summed E-state index contributed by atoms with van der Waals surface area (Å²) in [6.45, 7) is -2.45. The van der Waals surface area contributed by atoms with Crippen LogP contribution in [0.15, 0.2) is 18.2 Å². The molecule has 1 aromatic carbocycles. The number of hydrogen-bond donors (Lipinski definition) is 2. The average Bonchev–Trinajstić information content (AvgIpc) is 2.62. The van der Waals surface area contributed by atoms with Crippen LogP contribution in [0.25, 0.3) is 0 Å². The summed E-state index contributed by atoms with van der Waals surface area (Å²) in [7, 11) is 0. The van der Waals surface area contributed by atoms with Crippen molar-refractivity contribution in [1.82, 2.24) is 10.6 Å². The lowest BCUT2D eigenvalue weighted by Gasteiger charge is -2.24. The van der Waals surface area contributed by atoms with Gasteiger partial charge in [-0.3, -0.25) is 4.79 Å². The fourth-order valence-corrected chi connectivity index (χ4v) is 2.70. The summed E-state index contributed by atoms with van der Waals surface area (Å²) < 4.78 is 84.0. The van der Waals surface area contributed by atoms with Crippen molar-refractivity contribution in [2.75, 3.05) is 26.3 Å². The first-order valence-electron chi connectivity index (χ1n) is 8.59. The number of halogens is 6. The van der Waals surface area contributed by atoms with Gasteiger partial charge in [0.05, 0.1) is 0 Å². The first kappa shape index (κ1) is 22.1. The predicted octanol–water partition coefficient (Wildman–Crippen LogP) is 3.44. The van der Waals surface area contributed by atoms with Crippen LogP contribution in [0.3, 0.4) is 0 Å². The van der Waals surface area contributed by atoms with Crippen LogP contribution >= 0.6 is 0 Å². The quantitative estimate of drug-likeness (QED) is 0.672. The highest BCUT2D eigenvalue weighted by Gasteiger charge is 2.32. The van der Waals surface area contributed by atoms with Gasteiger partial charge in [0.1, 0.15) is 17.1 Å². The minimum atomic E-state index is -4.68. The third kappa shape index (κ3) is 7.45. The Balaban J connectivity index is 2.18. The van der Waals surface area contributed by atoms with Gasteiger partial charge in [-0.2, -0.15) is 26.3 Å². The molecule has 0 radical (unpaired) electrons. The van der Waals surface area contributed by atoms with Crippen molar-refractivity contribution < 1.29 is 40.6 Å². The summed E-state index contributed by atoms with van der Waals surface area (Å²) in [6.07, 6.45) is -6.61. The maximum absolute atomic E-state index is 12.5. The molecule has 1 amide bonds. The molecule has 1 heterocycles. The normalized spacial score (nSPS) is 17.9. The van der Waals surface area contributed by atoms with E-state index in [1.54, 1.807) is 0 Å². The summed E-state index contributed by atoms with van der Waals surface area (Å²) in [5.41, 5.74) is -0.508. The van der Waals surface area contributed by atoms with Gasteiger partial charge in [-0.15, -0.1) is 0 Å². The fraction of sp³-hybridized carbons (Fsp3) is 0.588. The summed E-state index contributed by atoms with van der Waals surface area (Å²) in [5, 5.41) is 5.69. The topological polar surface area (TPSA) is 59.6 Å². The fourth-order valence-electron chi connectivity index (χ4n) is 2.70. The highest BCUT2D eigenvalue weighted by atomic mass is 19.4. The lowest BCUT2D eigenvalue weighted by atomic mass is 10.0. The number of nitrogens with one attached hydrogen (secondary N) is 2. The number of piperidine rings is 1. The van der Waals surface area contributed by atoms with E-state index in [4.69, 9.17) is 0 Å². The van der Waals surface area contributed by atoms with Gasteiger partial charge < -0.3 is 20.1 Å². The smallest absolute Gasteiger partial charge is 0.422 e. The van der Waals surface area contributed by atoms with E-state index in [-0.39, 0.29) is 12.6 Å². The number of amides is 1. The lowest BCUT2D eigenvalue weighted by Crippen LogP contribution is -2.43. The van der Waals surface area contributed by atoms with Gasteiger partial charge >= 0.3 is 12.4 Å². The van der Waals surface area contributed by atoms with Gasteiger partial charge in [0, 0.05) is 12.6 Å². The van der Waals surface area contributed by atoms with Gasteiger partial charge in [-0.05, 0) is 31.5 Å². The van der Waals surface area contributed by atoms with Crippen LogP contribution in [0.5, 0.6) is 11.5 Å². The van der Waals surface area contributed by atoms with E-state index in [1.165, 1.54) is 0 Å². The Bertz CT molecular complexity index is 621. The van der Waals surface area contributed by atoms with Gasteiger partial charge in [0.2, 0.25) is 0 Å². The Morgan fingerprint density at radius 2 is 1.61 bits per heavy atom. The number of carbonyl (C=O) groups excluding carboxylic acids is 1. The van der Waals surface area contributed by atoms with Crippen LogP contribution in [0.1, 0.15) is 29.6 Å². The van der Waals surface area contributed by atoms with Gasteiger partial charge in [-0.25, -0.2) is 0 Å². The molecular formula is C17H20F6N2O3. The van der Waals surface area contributed by atoms with E-state index in [0.717, 1.165) is 44.0 Å². The van der Waals surface area contributed by atoms with Crippen molar-refractivity contribution >= 4 is 5.91 Å². The molecule has 2 rings (SSSR count). The molecule has 158 valence electrons. The summed E-state index contributed by atoms with van der Waals surface area (Å²) in [5.74, 6) is -1.89. The third-order valence-electron chi connectivity index (χ3n) is 3.92. The molecule has 1 aliphatic rings. The van der Waals surface area contributed by atoms with E-state index in [9.17, 15) is 31.1 Å². The highest BCUT2D eigenvalue weighted by molar-refractivity contribution is 5.99. The molecule has 0 bridgehead atoms. The molecule has 1 aliphatic heterocycles. The van der Waals surface area contributed by atoms with Crippen molar-refractivity contribution in [2.24, 2.45) is 0 Å². The Morgan fingerprint density at radius 3 is 2.07 bits per heavy atom. The second-order valence-corrected chi connectivity index (χ2v) is 6.29. The third-order valence-corrected chi connectivity index (χ3v) is 3.92. The second kappa shape index (κ2) is 9.35. The van der Waals surface area contributed by atoms with Crippen molar-refractivity contribution in [2.45, 2.75) is 37.7 Å². The van der Waals surface area contributed by atoms with Crippen LogP contribution in [0, 0.1) is 0 Å². The summed E-state index contributed by atoms with van der Waals surface area (Å²) >= 11 is 0. The zero-order valence-electron chi connectivity index (χ0n) is 14.8. The maximum Gasteiger partial charge on any atom is 0.422 e. The van der Waals surface area contributed by atoms with Crippen LogP contribution in [0.2, 0.25) is 0 Å². The molecule has 5 nitrogen and oxygen atoms in total. The van der Waals surface area contributed by atoms with Gasteiger partial charge in [-0.1, -0.05) is 12.5 Å². The number of carbonyl (C=O) groups is 1. The van der Waals surface area contributed by atoms with Crippen LogP contribution in [-0.2, 0) is 0 Å². The minimum Gasteiger partial charge on any atom is -0.483 e. The molecule has 2 N–H and O–H groups in total. The monoisotopic (exact) mass is 414 g/mol. The molecule has 1 aromatic rings. The largest absolute Gasteiger partial charge is 0.483 e. The molecule has 1 unspecified atom stereocenters. The number of rotatable bonds is 7. The standard InChI is InChI=1S/C17H20F6N2O3/c18-16(19,20)9-27-12-5-3-6-13(28-10-17(21,22)23)14(12)15(26)25-8-11-4-1-2-7-24-11/h3,5-6,11,24H,1-2,4,7-10H2,(H,25,26). The maximum atomic E-state index is 12.5. The molecular weight excluding hydrogens is 394 g/mol. The molecule has 11 heteroatoms. The molecule has 0 aliphatic carbocycles. The number of hydrogen-bond acceptors (Lipinski definition) is 4. The second-order valence-electron chi connectivity index (χ2n) is 6.29. The predicted molar refractivity (Wildman–Crippen MR) is 87.5 cm³/mol. The molecule has 1 fully saturated rings. The van der Waals surface area contributed by atoms with Gasteiger partial charge in [0.15, 0.2) is 13.2 Å². The van der Waals surface area contributed by atoms with Crippen LogP contribution in [0.4, 0.5) is 26.3 Å². The Kier molecular flexibility index (Phi) is 7.39. The number of alkyl halides is 6. The van der Waals surface area contributed by atoms with E-state index < -0.39 is 48.5 Å².